The topological polar surface area (TPSA) is 29.5 Å². The summed E-state index contributed by atoms with van der Waals surface area (Å²) in [6, 6.07) is 63.9. The van der Waals surface area contributed by atoms with Crippen molar-refractivity contribution in [1.82, 2.24) is 0 Å². The molecule has 0 spiro atoms. The smallest absolute Gasteiger partial charge is 0.144 e. The lowest BCUT2D eigenvalue weighted by Gasteiger charge is -2.40. The minimum atomic E-state index is -0.267. The van der Waals surface area contributed by atoms with E-state index in [2.05, 4.69) is 224 Å². The van der Waals surface area contributed by atoms with Crippen LogP contribution in [-0.4, -0.2) is 0 Å². The number of nitrogens with zero attached hydrogens (tertiary/aromatic N) is 1. The summed E-state index contributed by atoms with van der Waals surface area (Å²) in [5.41, 5.74) is 30.0. The van der Waals surface area contributed by atoms with E-state index in [0.717, 1.165) is 35.2 Å². The summed E-state index contributed by atoms with van der Waals surface area (Å²) in [6.45, 7) is 19.3. The van der Waals surface area contributed by atoms with Crippen molar-refractivity contribution in [3.05, 3.63) is 208 Å². The highest BCUT2D eigenvalue weighted by Crippen LogP contribution is 2.68. The standard InChI is InChI=1S/C90H99NO2/c1-9-13-17-21-34-52-89(53-35-22-18-14-10-2)70-43-31-28-40-64(70)83-85(89)84-81(82-67-42-30-33-45-77(67)93-86(82)83)65-49-47-62(57-75(65)90(84,54-36-23-19-15-11-3)55-37-24-20-16-12-4)91(60-38-26-25-27-39-60)61-46-48-63-68-58-74-69(59-73(68)88(7,8)72(63)56-61)79-71(87(74,5)6)50-51-78-80(79)66-41-29-32-44-76(66)92-78/h25-33,38-51,56-59H,9-24,34-37,52-55H2,1-8H3. The molecule has 0 atom stereocenters. The number of hydrogen-bond acceptors (Lipinski definition) is 3. The molecular weight excluding hydrogens is 1130 g/mol. The molecule has 0 unspecified atom stereocenters. The highest BCUT2D eigenvalue weighted by Gasteiger charge is 2.54. The van der Waals surface area contributed by atoms with Gasteiger partial charge in [-0.15, -0.1) is 0 Å². The van der Waals surface area contributed by atoms with E-state index in [4.69, 9.17) is 8.83 Å². The van der Waals surface area contributed by atoms with Gasteiger partial charge in [0, 0.05) is 65.8 Å². The third-order valence-electron chi connectivity index (χ3n) is 23.6. The molecule has 0 saturated heterocycles. The number of furan rings is 2. The second kappa shape index (κ2) is 24.9. The first kappa shape index (κ1) is 61.6. The number of hydrogen-bond donors (Lipinski definition) is 0. The number of anilines is 3. The number of fused-ring (bicyclic) bond motifs is 22. The van der Waals surface area contributed by atoms with Crippen LogP contribution in [0.1, 0.15) is 254 Å². The number of benzene rings is 9. The van der Waals surface area contributed by atoms with Crippen LogP contribution in [0.4, 0.5) is 17.1 Å². The van der Waals surface area contributed by atoms with Crippen molar-refractivity contribution in [2.45, 2.75) is 231 Å². The highest BCUT2D eigenvalue weighted by atomic mass is 16.3. The van der Waals surface area contributed by atoms with Crippen molar-refractivity contribution >= 4 is 60.9 Å². The van der Waals surface area contributed by atoms with Gasteiger partial charge in [-0.3, -0.25) is 0 Å². The normalized spacial score (nSPS) is 15.4. The van der Waals surface area contributed by atoms with Crippen molar-refractivity contribution in [2.24, 2.45) is 0 Å². The summed E-state index contributed by atoms with van der Waals surface area (Å²) in [5, 5.41) is 5.03. The zero-order valence-corrected chi connectivity index (χ0v) is 57.3. The summed E-state index contributed by atoms with van der Waals surface area (Å²) >= 11 is 0. The van der Waals surface area contributed by atoms with Gasteiger partial charge in [-0.2, -0.15) is 0 Å². The summed E-state index contributed by atoms with van der Waals surface area (Å²) < 4.78 is 14.1. The maximum atomic E-state index is 7.54. The molecule has 2 aromatic heterocycles. The van der Waals surface area contributed by atoms with Crippen LogP contribution in [0.25, 0.3) is 88.4 Å². The van der Waals surface area contributed by atoms with Gasteiger partial charge in [0.05, 0.1) is 0 Å². The molecule has 4 aliphatic rings. The molecule has 0 N–H and O–H groups in total. The van der Waals surface area contributed by atoms with E-state index in [1.54, 1.807) is 22.3 Å². The predicted octanol–water partition coefficient (Wildman–Crippen LogP) is 27.5. The quantitative estimate of drug-likeness (QED) is 0.0481. The molecule has 0 bridgehead atoms. The van der Waals surface area contributed by atoms with Crippen LogP contribution >= 0.6 is 0 Å². The van der Waals surface area contributed by atoms with Gasteiger partial charge in [-0.1, -0.05) is 281 Å². The molecule has 0 fully saturated rings. The lowest BCUT2D eigenvalue weighted by Crippen LogP contribution is -2.33. The van der Waals surface area contributed by atoms with Gasteiger partial charge >= 0.3 is 0 Å². The Morgan fingerprint density at radius 1 is 0.301 bits per heavy atom. The van der Waals surface area contributed by atoms with E-state index in [0.29, 0.717) is 0 Å². The average Bonchev–Trinajstić information content (AvgIpc) is 1.50. The third kappa shape index (κ3) is 9.91. The van der Waals surface area contributed by atoms with E-state index >= 15 is 0 Å². The van der Waals surface area contributed by atoms with Gasteiger partial charge in [-0.05, 0) is 176 Å². The second-order valence-corrected chi connectivity index (χ2v) is 30.0. The molecule has 3 heteroatoms. The van der Waals surface area contributed by atoms with Crippen LogP contribution < -0.4 is 4.90 Å². The maximum absolute atomic E-state index is 7.54. The Morgan fingerprint density at radius 2 is 0.763 bits per heavy atom. The fraction of sp³-hybridized carbons (Fsp3) is 0.400. The summed E-state index contributed by atoms with van der Waals surface area (Å²) in [4.78, 5) is 2.62. The van der Waals surface area contributed by atoms with Crippen LogP contribution in [0, 0.1) is 0 Å². The highest BCUT2D eigenvalue weighted by molar-refractivity contribution is 6.21. The van der Waals surface area contributed by atoms with Crippen molar-refractivity contribution in [1.29, 1.82) is 0 Å². The summed E-state index contributed by atoms with van der Waals surface area (Å²) in [7, 11) is 0. The zero-order chi connectivity index (χ0) is 63.6. The van der Waals surface area contributed by atoms with Crippen LogP contribution in [0.15, 0.2) is 173 Å². The first-order valence-corrected chi connectivity index (χ1v) is 36.9. The second-order valence-electron chi connectivity index (χ2n) is 30.0. The van der Waals surface area contributed by atoms with Crippen LogP contribution in [-0.2, 0) is 21.7 Å². The molecular formula is C90H99NO2. The summed E-state index contributed by atoms with van der Waals surface area (Å²) in [6.07, 6.45) is 30.0. The van der Waals surface area contributed by atoms with Gasteiger partial charge < -0.3 is 13.7 Å². The Morgan fingerprint density at radius 3 is 1.39 bits per heavy atom. The Labute approximate surface area is 555 Å². The van der Waals surface area contributed by atoms with Crippen LogP contribution in [0.2, 0.25) is 0 Å². The van der Waals surface area contributed by atoms with Gasteiger partial charge in [0.25, 0.3) is 0 Å². The molecule has 3 nitrogen and oxygen atoms in total. The maximum Gasteiger partial charge on any atom is 0.144 e. The van der Waals surface area contributed by atoms with Crippen molar-refractivity contribution in [3.8, 4) is 44.5 Å². The molecule has 0 aliphatic heterocycles. The fourth-order valence-electron chi connectivity index (χ4n) is 18.9. The van der Waals surface area contributed by atoms with Gasteiger partial charge in [0.1, 0.15) is 22.3 Å². The Hall–Kier alpha value is -7.62. The molecule has 476 valence electrons. The first-order chi connectivity index (χ1) is 45.5. The van der Waals surface area contributed by atoms with Crippen LogP contribution in [0.3, 0.4) is 0 Å². The Kier molecular flexibility index (Phi) is 16.5. The molecule has 0 saturated carbocycles. The van der Waals surface area contributed by atoms with Crippen molar-refractivity contribution in [2.75, 3.05) is 4.90 Å². The van der Waals surface area contributed by atoms with E-state index < -0.39 is 0 Å². The largest absolute Gasteiger partial charge is 0.456 e. The van der Waals surface area contributed by atoms with Crippen LogP contribution in [0.5, 0.6) is 0 Å². The Bertz CT molecular complexity index is 4570. The third-order valence-corrected chi connectivity index (χ3v) is 23.6. The molecule has 4 aliphatic carbocycles. The minimum Gasteiger partial charge on any atom is -0.456 e. The monoisotopic (exact) mass is 1230 g/mol. The van der Waals surface area contributed by atoms with E-state index in [1.807, 2.05) is 0 Å². The molecule has 2 heterocycles. The number of para-hydroxylation sites is 3. The molecule has 11 aromatic rings. The molecule has 93 heavy (non-hydrogen) atoms. The van der Waals surface area contributed by atoms with E-state index in [1.165, 1.54) is 247 Å². The van der Waals surface area contributed by atoms with Crippen molar-refractivity contribution < 1.29 is 8.83 Å². The Balaban J connectivity index is 0.943. The molecule has 0 amide bonds. The predicted molar refractivity (Wildman–Crippen MR) is 397 cm³/mol. The molecule has 15 rings (SSSR count). The van der Waals surface area contributed by atoms with Gasteiger partial charge in [0.15, 0.2) is 0 Å². The number of rotatable bonds is 27. The molecule has 9 aromatic carbocycles. The zero-order valence-electron chi connectivity index (χ0n) is 57.3. The minimum absolute atomic E-state index is 0.133. The van der Waals surface area contributed by atoms with Gasteiger partial charge in [0.2, 0.25) is 0 Å². The number of unbranched alkanes of at least 4 members (excludes halogenated alkanes) is 16. The lowest BCUT2D eigenvalue weighted by molar-refractivity contribution is 0.369. The molecule has 0 radical (unpaired) electrons. The van der Waals surface area contributed by atoms with E-state index in [-0.39, 0.29) is 21.7 Å². The SMILES string of the molecule is CCCCCCCC1(CCCCCCC)c2ccccc2-c2c1c1c(c3c2oc2ccccc23)-c2ccc(N(c3ccccc3)c3ccc4c(c3)C(C)(C)c3cc5c(cc3-4)C(C)(C)c3ccc4oc6ccccc6c4c3-5)cc2C1(CCCCCCC)CCCCCCC. The van der Waals surface area contributed by atoms with E-state index in [9.17, 15) is 0 Å². The average molecular weight is 1230 g/mol. The fourth-order valence-corrected chi connectivity index (χ4v) is 18.9. The van der Waals surface area contributed by atoms with Crippen molar-refractivity contribution in [3.63, 3.8) is 0 Å². The summed E-state index contributed by atoms with van der Waals surface area (Å²) in [5.74, 6) is 0. The van der Waals surface area contributed by atoms with Gasteiger partial charge in [-0.25, -0.2) is 0 Å². The lowest BCUT2D eigenvalue weighted by atomic mass is 9.62. The first-order valence-electron chi connectivity index (χ1n) is 36.9.